The van der Waals surface area contributed by atoms with Crippen molar-refractivity contribution in [1.82, 2.24) is 14.1 Å². The van der Waals surface area contributed by atoms with Gasteiger partial charge >= 0.3 is 0 Å². The standard InChI is InChI=1S/C41H25N3O/c1-5-13-36-29(9-1)30-10-2-6-14-37(30)43(36)27-18-20-41-34(24-27)33-23-26(17-19-40(33)45-41)35-25-28(21-22-42-35)44-38-15-7-3-11-31(38)32-12-4-8-16-39(32)44/h1-25H. The topological polar surface area (TPSA) is 35.9 Å². The fourth-order valence-corrected chi connectivity index (χ4v) is 7.18. The van der Waals surface area contributed by atoms with Crippen LogP contribution in [-0.4, -0.2) is 14.1 Å². The number of fused-ring (bicyclic) bond motifs is 9. The summed E-state index contributed by atoms with van der Waals surface area (Å²) in [6, 6.07) is 51.6. The quantitative estimate of drug-likeness (QED) is 0.210. The molecule has 4 aromatic heterocycles. The lowest BCUT2D eigenvalue weighted by molar-refractivity contribution is 0.669. The summed E-state index contributed by atoms with van der Waals surface area (Å²) in [4.78, 5) is 4.83. The Labute approximate surface area is 258 Å². The first-order valence-corrected chi connectivity index (χ1v) is 15.2. The second-order valence-corrected chi connectivity index (χ2v) is 11.6. The molecule has 0 aliphatic carbocycles. The van der Waals surface area contributed by atoms with Gasteiger partial charge in [0.25, 0.3) is 0 Å². The summed E-state index contributed by atoms with van der Waals surface area (Å²) in [6.07, 6.45) is 1.91. The van der Waals surface area contributed by atoms with Crippen LogP contribution < -0.4 is 0 Å². The van der Waals surface area contributed by atoms with E-state index in [4.69, 9.17) is 9.40 Å². The van der Waals surface area contributed by atoms with Gasteiger partial charge in [0, 0.05) is 55.5 Å². The van der Waals surface area contributed by atoms with Crippen LogP contribution in [0.1, 0.15) is 0 Å². The van der Waals surface area contributed by atoms with Gasteiger partial charge in [-0.05, 0) is 72.8 Å². The molecule has 0 aliphatic rings. The van der Waals surface area contributed by atoms with Gasteiger partial charge in [0.05, 0.1) is 27.8 Å². The Morgan fingerprint density at radius 3 is 1.42 bits per heavy atom. The minimum absolute atomic E-state index is 0.867. The van der Waals surface area contributed by atoms with Gasteiger partial charge in [-0.2, -0.15) is 0 Å². The van der Waals surface area contributed by atoms with Gasteiger partial charge in [-0.1, -0.05) is 72.8 Å². The van der Waals surface area contributed by atoms with E-state index in [1.165, 1.54) is 43.6 Å². The third-order valence-electron chi connectivity index (χ3n) is 9.17. The average Bonchev–Trinajstić information content (AvgIpc) is 3.75. The molecular formula is C41H25N3O. The zero-order valence-electron chi connectivity index (χ0n) is 24.2. The Morgan fingerprint density at radius 1 is 0.400 bits per heavy atom. The Hall–Kier alpha value is -6.13. The molecule has 10 aromatic rings. The highest BCUT2D eigenvalue weighted by Crippen LogP contribution is 2.37. The van der Waals surface area contributed by atoms with Crippen LogP contribution >= 0.6 is 0 Å². The summed E-state index contributed by atoms with van der Waals surface area (Å²) in [5, 5.41) is 7.16. The van der Waals surface area contributed by atoms with E-state index in [0.29, 0.717) is 0 Å². The lowest BCUT2D eigenvalue weighted by atomic mass is 10.1. The smallest absolute Gasteiger partial charge is 0.135 e. The van der Waals surface area contributed by atoms with Gasteiger partial charge in [0.2, 0.25) is 0 Å². The number of hydrogen-bond acceptors (Lipinski definition) is 2. The predicted molar refractivity (Wildman–Crippen MR) is 186 cm³/mol. The molecule has 210 valence electrons. The van der Waals surface area contributed by atoms with Gasteiger partial charge in [-0.15, -0.1) is 0 Å². The largest absolute Gasteiger partial charge is 0.456 e. The van der Waals surface area contributed by atoms with Gasteiger partial charge in [0.1, 0.15) is 11.2 Å². The highest BCUT2D eigenvalue weighted by molar-refractivity contribution is 6.11. The minimum atomic E-state index is 0.867. The molecule has 0 fully saturated rings. The first kappa shape index (κ1) is 24.3. The second-order valence-electron chi connectivity index (χ2n) is 11.6. The highest BCUT2D eigenvalue weighted by atomic mass is 16.3. The Balaban J connectivity index is 1.15. The Kier molecular flexibility index (Phi) is 4.96. The Morgan fingerprint density at radius 2 is 0.867 bits per heavy atom. The van der Waals surface area contributed by atoms with Crippen LogP contribution in [0.3, 0.4) is 0 Å². The third-order valence-corrected chi connectivity index (χ3v) is 9.17. The molecule has 0 amide bonds. The minimum Gasteiger partial charge on any atom is -0.456 e. The maximum atomic E-state index is 6.34. The van der Waals surface area contributed by atoms with E-state index < -0.39 is 0 Å². The number of pyridine rings is 1. The molecule has 0 atom stereocenters. The molecule has 0 saturated carbocycles. The molecule has 0 unspecified atom stereocenters. The van der Waals surface area contributed by atoms with Crippen molar-refractivity contribution in [3.05, 3.63) is 152 Å². The number of hydrogen-bond donors (Lipinski definition) is 0. The van der Waals surface area contributed by atoms with E-state index in [1.54, 1.807) is 0 Å². The van der Waals surface area contributed by atoms with Crippen molar-refractivity contribution in [3.63, 3.8) is 0 Å². The predicted octanol–water partition coefficient (Wildman–Crippen LogP) is 10.8. The van der Waals surface area contributed by atoms with Crippen molar-refractivity contribution in [2.45, 2.75) is 0 Å². The van der Waals surface area contributed by atoms with Crippen LogP contribution in [0.15, 0.2) is 156 Å². The fourth-order valence-electron chi connectivity index (χ4n) is 7.18. The van der Waals surface area contributed by atoms with Gasteiger partial charge in [-0.25, -0.2) is 0 Å². The zero-order chi connectivity index (χ0) is 29.5. The van der Waals surface area contributed by atoms with Crippen molar-refractivity contribution in [1.29, 1.82) is 0 Å². The molecule has 4 heteroatoms. The van der Waals surface area contributed by atoms with E-state index >= 15 is 0 Å². The fraction of sp³-hybridized carbons (Fsp3) is 0. The van der Waals surface area contributed by atoms with E-state index in [0.717, 1.165) is 44.6 Å². The zero-order valence-corrected chi connectivity index (χ0v) is 24.2. The lowest BCUT2D eigenvalue weighted by Crippen LogP contribution is -1.95. The number of furan rings is 1. The normalized spacial score (nSPS) is 12.0. The molecular weight excluding hydrogens is 550 g/mol. The molecule has 0 N–H and O–H groups in total. The van der Waals surface area contributed by atoms with Crippen LogP contribution in [0.2, 0.25) is 0 Å². The van der Waals surface area contributed by atoms with Crippen molar-refractivity contribution in [3.8, 4) is 22.6 Å². The molecule has 0 spiro atoms. The average molecular weight is 576 g/mol. The van der Waals surface area contributed by atoms with E-state index in [9.17, 15) is 0 Å². The maximum Gasteiger partial charge on any atom is 0.135 e. The molecule has 6 aromatic carbocycles. The molecule has 0 saturated heterocycles. The molecule has 0 aliphatic heterocycles. The van der Waals surface area contributed by atoms with Crippen LogP contribution in [-0.2, 0) is 0 Å². The first-order valence-electron chi connectivity index (χ1n) is 15.2. The van der Waals surface area contributed by atoms with Gasteiger partial charge in [0.15, 0.2) is 0 Å². The van der Waals surface area contributed by atoms with Crippen molar-refractivity contribution < 1.29 is 4.42 Å². The second kappa shape index (κ2) is 9.18. The molecule has 4 heterocycles. The number of nitrogens with zero attached hydrogens (tertiary/aromatic N) is 3. The van der Waals surface area contributed by atoms with Gasteiger partial charge in [-0.3, -0.25) is 4.98 Å². The maximum absolute atomic E-state index is 6.34. The molecule has 45 heavy (non-hydrogen) atoms. The Bertz CT molecular complexity index is 2670. The van der Waals surface area contributed by atoms with Crippen molar-refractivity contribution in [2.75, 3.05) is 0 Å². The molecule has 4 nitrogen and oxygen atoms in total. The van der Waals surface area contributed by atoms with E-state index in [1.807, 2.05) is 6.20 Å². The summed E-state index contributed by atoms with van der Waals surface area (Å²) >= 11 is 0. The summed E-state index contributed by atoms with van der Waals surface area (Å²) in [5.74, 6) is 0. The lowest BCUT2D eigenvalue weighted by Gasteiger charge is -2.10. The first-order chi connectivity index (χ1) is 22.3. The van der Waals surface area contributed by atoms with Crippen LogP contribution in [0.5, 0.6) is 0 Å². The summed E-state index contributed by atoms with van der Waals surface area (Å²) < 4.78 is 11.0. The number of rotatable bonds is 3. The summed E-state index contributed by atoms with van der Waals surface area (Å²) in [6.45, 7) is 0. The van der Waals surface area contributed by atoms with E-state index in [-0.39, 0.29) is 0 Å². The number of aromatic nitrogens is 3. The van der Waals surface area contributed by atoms with E-state index in [2.05, 4.69) is 155 Å². The monoisotopic (exact) mass is 575 g/mol. The highest BCUT2D eigenvalue weighted by Gasteiger charge is 2.16. The molecule has 10 rings (SSSR count). The van der Waals surface area contributed by atoms with Crippen molar-refractivity contribution >= 4 is 65.6 Å². The summed E-state index contributed by atoms with van der Waals surface area (Å²) in [5.41, 5.74) is 10.7. The SMILES string of the molecule is c1ccc2c(c1)c1ccccc1n2-c1ccnc(-c2ccc3oc4ccc(-n5c6ccccc6c6ccccc65)cc4c3c2)c1. The summed E-state index contributed by atoms with van der Waals surface area (Å²) in [7, 11) is 0. The van der Waals surface area contributed by atoms with Crippen molar-refractivity contribution in [2.24, 2.45) is 0 Å². The van der Waals surface area contributed by atoms with Crippen LogP contribution in [0.25, 0.3) is 88.2 Å². The number of para-hydroxylation sites is 4. The van der Waals surface area contributed by atoms with Crippen LogP contribution in [0, 0.1) is 0 Å². The molecule has 0 bridgehead atoms. The van der Waals surface area contributed by atoms with Crippen LogP contribution in [0.4, 0.5) is 0 Å². The molecule has 0 radical (unpaired) electrons. The third kappa shape index (κ3) is 3.51. The number of benzene rings is 6. The van der Waals surface area contributed by atoms with Gasteiger partial charge < -0.3 is 13.6 Å².